The Kier molecular flexibility index (Phi) is 2.59. The number of rotatable bonds is 2. The van der Waals surface area contributed by atoms with E-state index in [2.05, 4.69) is 16.8 Å². The van der Waals surface area contributed by atoms with Gasteiger partial charge in [0.2, 0.25) is 0 Å². The molecule has 0 atom stereocenters. The Morgan fingerprint density at radius 3 is 3.06 bits per heavy atom. The molecule has 0 N–H and O–H groups in total. The summed E-state index contributed by atoms with van der Waals surface area (Å²) in [4.78, 5) is 4.70. The molecule has 0 saturated heterocycles. The minimum Gasteiger partial charge on any atom is -0.497 e. The van der Waals surface area contributed by atoms with Gasteiger partial charge in [-0.2, -0.15) is 0 Å². The Hall–Kier alpha value is -1.77. The maximum absolute atomic E-state index is 5.24. The number of hydrogen-bond acceptors (Lipinski definition) is 2. The van der Waals surface area contributed by atoms with Gasteiger partial charge in [-0.05, 0) is 25.0 Å². The van der Waals surface area contributed by atoms with E-state index in [0.717, 1.165) is 30.0 Å². The lowest BCUT2D eigenvalue weighted by molar-refractivity contribution is 0.415. The first kappa shape index (κ1) is 10.4. The summed E-state index contributed by atoms with van der Waals surface area (Å²) in [5.74, 6) is 2.10. The van der Waals surface area contributed by atoms with Crippen LogP contribution in [0.4, 0.5) is 0 Å². The number of imidazole rings is 1. The molecule has 0 fully saturated rings. The number of fused-ring (bicyclic) bond motifs is 1. The zero-order valence-corrected chi connectivity index (χ0v) is 10.0. The van der Waals surface area contributed by atoms with Gasteiger partial charge in [-0.1, -0.05) is 12.1 Å². The van der Waals surface area contributed by atoms with E-state index in [1.807, 2.05) is 18.2 Å². The van der Waals surface area contributed by atoms with Crippen molar-refractivity contribution < 1.29 is 4.74 Å². The van der Waals surface area contributed by atoms with E-state index >= 15 is 0 Å². The molecule has 1 aliphatic heterocycles. The van der Waals surface area contributed by atoms with E-state index in [1.54, 1.807) is 7.11 Å². The number of hydrogen-bond donors (Lipinski definition) is 0. The normalized spacial score (nSPS) is 14.4. The maximum atomic E-state index is 5.24. The van der Waals surface area contributed by atoms with Crippen LogP contribution < -0.4 is 4.74 Å². The lowest BCUT2D eigenvalue weighted by Gasteiger charge is -2.11. The van der Waals surface area contributed by atoms with Crippen LogP contribution in [-0.4, -0.2) is 16.7 Å². The molecule has 1 aromatic heterocycles. The fraction of sp³-hybridized carbons (Fsp3) is 0.357. The summed E-state index contributed by atoms with van der Waals surface area (Å²) in [7, 11) is 1.69. The largest absolute Gasteiger partial charge is 0.497 e. The quantitative estimate of drug-likeness (QED) is 0.790. The predicted octanol–water partition coefficient (Wildman–Crippen LogP) is 2.90. The number of nitrogens with zero attached hydrogens (tertiary/aromatic N) is 2. The number of aromatic nitrogens is 2. The minimum atomic E-state index is 0.883. The van der Waals surface area contributed by atoms with Gasteiger partial charge in [0, 0.05) is 24.7 Å². The van der Waals surface area contributed by atoms with Gasteiger partial charge < -0.3 is 9.30 Å². The van der Waals surface area contributed by atoms with Gasteiger partial charge in [0.1, 0.15) is 11.6 Å². The monoisotopic (exact) mass is 228 g/mol. The zero-order valence-electron chi connectivity index (χ0n) is 10.0. The van der Waals surface area contributed by atoms with Gasteiger partial charge in [0.05, 0.1) is 12.8 Å². The van der Waals surface area contributed by atoms with Crippen molar-refractivity contribution in [1.82, 2.24) is 9.55 Å². The van der Waals surface area contributed by atoms with E-state index in [1.165, 1.54) is 18.7 Å². The van der Waals surface area contributed by atoms with Crippen LogP contribution in [0.25, 0.3) is 11.3 Å². The molecule has 2 aromatic rings. The van der Waals surface area contributed by atoms with Crippen LogP contribution in [0.1, 0.15) is 18.7 Å². The first-order valence-corrected chi connectivity index (χ1v) is 6.07. The molecular weight excluding hydrogens is 212 g/mol. The standard InChI is InChI=1S/C14H16N2O/c1-17-12-6-4-5-11(9-12)13-10-16-8-3-2-7-14(16)15-13/h4-6,9-10H,2-3,7-8H2,1H3. The van der Waals surface area contributed by atoms with Gasteiger partial charge in [0.15, 0.2) is 0 Å². The molecule has 0 bridgehead atoms. The first-order chi connectivity index (χ1) is 8.36. The number of methoxy groups -OCH3 is 1. The lowest BCUT2D eigenvalue weighted by atomic mass is 10.1. The molecule has 3 rings (SSSR count). The summed E-state index contributed by atoms with van der Waals surface area (Å²) in [6.45, 7) is 1.10. The van der Waals surface area contributed by atoms with E-state index in [-0.39, 0.29) is 0 Å². The molecule has 88 valence electrons. The van der Waals surface area contributed by atoms with Crippen molar-refractivity contribution in [3.8, 4) is 17.0 Å². The molecule has 0 spiro atoms. The molecule has 0 aliphatic carbocycles. The van der Waals surface area contributed by atoms with Crippen molar-refractivity contribution >= 4 is 0 Å². The van der Waals surface area contributed by atoms with Crippen molar-refractivity contribution in [3.63, 3.8) is 0 Å². The third kappa shape index (κ3) is 1.93. The molecule has 0 amide bonds. The molecule has 3 heteroatoms. The van der Waals surface area contributed by atoms with Crippen molar-refractivity contribution in [1.29, 1.82) is 0 Å². The fourth-order valence-electron chi connectivity index (χ4n) is 2.33. The molecule has 0 radical (unpaired) electrons. The van der Waals surface area contributed by atoms with Gasteiger partial charge >= 0.3 is 0 Å². The fourth-order valence-corrected chi connectivity index (χ4v) is 2.33. The molecular formula is C14H16N2O. The second-order valence-corrected chi connectivity index (χ2v) is 4.42. The summed E-state index contributed by atoms with van der Waals surface area (Å²) in [6, 6.07) is 8.08. The molecule has 2 heterocycles. The summed E-state index contributed by atoms with van der Waals surface area (Å²) in [5, 5.41) is 0. The van der Waals surface area contributed by atoms with Crippen molar-refractivity contribution in [2.45, 2.75) is 25.8 Å². The lowest BCUT2D eigenvalue weighted by Crippen LogP contribution is -2.08. The Morgan fingerprint density at radius 2 is 2.24 bits per heavy atom. The smallest absolute Gasteiger partial charge is 0.119 e. The molecule has 17 heavy (non-hydrogen) atoms. The maximum Gasteiger partial charge on any atom is 0.119 e. The highest BCUT2D eigenvalue weighted by Crippen LogP contribution is 2.25. The number of aryl methyl sites for hydroxylation is 2. The van der Waals surface area contributed by atoms with Gasteiger partial charge in [-0.25, -0.2) is 4.98 Å². The van der Waals surface area contributed by atoms with Crippen molar-refractivity contribution in [2.75, 3.05) is 7.11 Å². The highest BCUT2D eigenvalue weighted by atomic mass is 16.5. The highest BCUT2D eigenvalue weighted by Gasteiger charge is 2.13. The van der Waals surface area contributed by atoms with Crippen LogP contribution in [0.3, 0.4) is 0 Å². The number of benzene rings is 1. The van der Waals surface area contributed by atoms with Crippen LogP contribution in [0.5, 0.6) is 5.75 Å². The van der Waals surface area contributed by atoms with Gasteiger partial charge in [0.25, 0.3) is 0 Å². The Labute approximate surface area is 101 Å². The van der Waals surface area contributed by atoms with Crippen LogP contribution in [0.15, 0.2) is 30.5 Å². The zero-order chi connectivity index (χ0) is 11.7. The second-order valence-electron chi connectivity index (χ2n) is 4.42. The third-order valence-corrected chi connectivity index (χ3v) is 3.27. The average molecular weight is 228 g/mol. The molecule has 0 unspecified atom stereocenters. The van der Waals surface area contributed by atoms with Crippen LogP contribution >= 0.6 is 0 Å². The average Bonchev–Trinajstić information content (AvgIpc) is 2.82. The van der Waals surface area contributed by atoms with Gasteiger partial charge in [-0.15, -0.1) is 0 Å². The molecule has 0 saturated carbocycles. The van der Waals surface area contributed by atoms with Gasteiger partial charge in [-0.3, -0.25) is 0 Å². The topological polar surface area (TPSA) is 27.1 Å². The predicted molar refractivity (Wildman–Crippen MR) is 67.2 cm³/mol. The molecule has 1 aliphatic rings. The third-order valence-electron chi connectivity index (χ3n) is 3.27. The van der Waals surface area contributed by atoms with E-state index < -0.39 is 0 Å². The van der Waals surface area contributed by atoms with Crippen LogP contribution in [0.2, 0.25) is 0 Å². The minimum absolute atomic E-state index is 0.883. The molecule has 1 aromatic carbocycles. The summed E-state index contributed by atoms with van der Waals surface area (Å²) >= 11 is 0. The van der Waals surface area contributed by atoms with Crippen LogP contribution in [0, 0.1) is 0 Å². The van der Waals surface area contributed by atoms with Crippen molar-refractivity contribution in [2.24, 2.45) is 0 Å². The Morgan fingerprint density at radius 1 is 1.29 bits per heavy atom. The number of ether oxygens (including phenoxy) is 1. The summed E-state index contributed by atoms with van der Waals surface area (Å²) in [6.07, 6.45) is 5.78. The first-order valence-electron chi connectivity index (χ1n) is 6.07. The summed E-state index contributed by atoms with van der Waals surface area (Å²) < 4.78 is 7.52. The summed E-state index contributed by atoms with van der Waals surface area (Å²) in [5.41, 5.74) is 2.19. The Bertz CT molecular complexity index is 507. The highest BCUT2D eigenvalue weighted by molar-refractivity contribution is 5.60. The van der Waals surface area contributed by atoms with Crippen LogP contribution in [-0.2, 0) is 13.0 Å². The van der Waals surface area contributed by atoms with E-state index in [0.29, 0.717) is 0 Å². The van der Waals surface area contributed by atoms with Crippen molar-refractivity contribution in [3.05, 3.63) is 36.3 Å². The SMILES string of the molecule is COc1cccc(-c2cn3c(n2)CCCC3)c1. The second kappa shape index (κ2) is 4.24. The Balaban J connectivity index is 2.00. The molecule has 3 nitrogen and oxygen atoms in total. The van der Waals surface area contributed by atoms with E-state index in [4.69, 9.17) is 9.72 Å². The van der Waals surface area contributed by atoms with E-state index in [9.17, 15) is 0 Å².